The van der Waals surface area contributed by atoms with Crippen LogP contribution in [0.1, 0.15) is 20.3 Å². The summed E-state index contributed by atoms with van der Waals surface area (Å²) in [6.07, 6.45) is 0.624. The van der Waals surface area contributed by atoms with Crippen molar-refractivity contribution in [1.29, 1.82) is 0 Å². The summed E-state index contributed by atoms with van der Waals surface area (Å²) in [5.74, 6) is 0.0703. The summed E-state index contributed by atoms with van der Waals surface area (Å²) in [5, 5.41) is 5.72. The van der Waals surface area contributed by atoms with Crippen LogP contribution in [0.4, 0.5) is 0 Å². The molecule has 4 nitrogen and oxygen atoms in total. The van der Waals surface area contributed by atoms with Crippen LogP contribution in [0.3, 0.4) is 0 Å². The molecular weight excluding hydrogens is 168 g/mol. The van der Waals surface area contributed by atoms with Crippen LogP contribution in [0.15, 0.2) is 0 Å². The quantitative estimate of drug-likeness (QED) is 0.597. The summed E-state index contributed by atoms with van der Waals surface area (Å²) in [7, 11) is 1.83. The van der Waals surface area contributed by atoms with Gasteiger partial charge in [-0.05, 0) is 20.9 Å². The lowest BCUT2D eigenvalue weighted by atomic mass is 10.3. The Morgan fingerprint density at radius 1 is 1.54 bits per heavy atom. The number of carbonyl (C=O) groups is 1. The van der Waals surface area contributed by atoms with E-state index in [2.05, 4.69) is 10.6 Å². The Bertz CT molecular complexity index is 140. The van der Waals surface area contributed by atoms with Gasteiger partial charge in [-0.3, -0.25) is 4.79 Å². The van der Waals surface area contributed by atoms with Crippen molar-refractivity contribution < 1.29 is 9.53 Å². The standard InChI is InChI=1S/C9H20N2O2/c1-4-13-8(2)7-11-9(12)5-6-10-3/h8,10H,4-7H2,1-3H3,(H,11,12). The average Bonchev–Trinajstić information content (AvgIpc) is 2.12. The van der Waals surface area contributed by atoms with E-state index >= 15 is 0 Å². The third kappa shape index (κ3) is 7.74. The molecule has 0 saturated carbocycles. The number of hydrogen-bond donors (Lipinski definition) is 2. The van der Waals surface area contributed by atoms with Gasteiger partial charge >= 0.3 is 0 Å². The van der Waals surface area contributed by atoms with E-state index in [4.69, 9.17) is 4.74 Å². The van der Waals surface area contributed by atoms with Crippen molar-refractivity contribution in [2.45, 2.75) is 26.4 Å². The molecule has 78 valence electrons. The van der Waals surface area contributed by atoms with Crippen molar-refractivity contribution in [1.82, 2.24) is 10.6 Å². The van der Waals surface area contributed by atoms with Crippen molar-refractivity contribution in [3.63, 3.8) is 0 Å². The summed E-state index contributed by atoms with van der Waals surface area (Å²) < 4.78 is 5.27. The van der Waals surface area contributed by atoms with E-state index in [9.17, 15) is 4.79 Å². The highest BCUT2D eigenvalue weighted by molar-refractivity contribution is 5.76. The largest absolute Gasteiger partial charge is 0.377 e. The molecule has 1 atom stereocenters. The summed E-state index contributed by atoms with van der Waals surface area (Å²) in [6, 6.07) is 0. The first-order valence-electron chi connectivity index (χ1n) is 4.73. The zero-order valence-electron chi connectivity index (χ0n) is 8.72. The summed E-state index contributed by atoms with van der Waals surface area (Å²) in [4.78, 5) is 11.1. The molecule has 0 aliphatic heterocycles. The SMILES string of the molecule is CCOC(C)CNC(=O)CCNC. The Labute approximate surface area is 80.0 Å². The molecule has 0 rings (SSSR count). The van der Waals surface area contributed by atoms with Crippen LogP contribution in [0.5, 0.6) is 0 Å². The fraction of sp³-hybridized carbons (Fsp3) is 0.889. The van der Waals surface area contributed by atoms with Gasteiger partial charge in [0.15, 0.2) is 0 Å². The third-order valence-corrected chi connectivity index (χ3v) is 1.64. The first-order chi connectivity index (χ1) is 6.20. The van der Waals surface area contributed by atoms with Gasteiger partial charge in [0.2, 0.25) is 5.91 Å². The molecule has 0 aliphatic carbocycles. The second kappa shape index (κ2) is 8.01. The van der Waals surface area contributed by atoms with E-state index in [0.717, 1.165) is 6.54 Å². The number of carbonyl (C=O) groups excluding carboxylic acids is 1. The molecule has 1 unspecified atom stereocenters. The molecule has 0 aromatic heterocycles. The van der Waals surface area contributed by atoms with Gasteiger partial charge in [0.1, 0.15) is 0 Å². The van der Waals surface area contributed by atoms with Crippen LogP contribution < -0.4 is 10.6 Å². The zero-order chi connectivity index (χ0) is 10.1. The Morgan fingerprint density at radius 2 is 2.23 bits per heavy atom. The molecule has 2 N–H and O–H groups in total. The maximum absolute atomic E-state index is 11.1. The topological polar surface area (TPSA) is 50.4 Å². The monoisotopic (exact) mass is 188 g/mol. The average molecular weight is 188 g/mol. The minimum absolute atomic E-state index is 0.0703. The predicted molar refractivity (Wildman–Crippen MR) is 52.6 cm³/mol. The molecule has 1 amide bonds. The lowest BCUT2D eigenvalue weighted by Crippen LogP contribution is -2.33. The summed E-state index contributed by atoms with van der Waals surface area (Å²) in [6.45, 7) is 5.89. The Morgan fingerprint density at radius 3 is 2.77 bits per heavy atom. The van der Waals surface area contributed by atoms with Crippen LogP contribution in [0.25, 0.3) is 0 Å². The summed E-state index contributed by atoms with van der Waals surface area (Å²) >= 11 is 0. The van der Waals surface area contributed by atoms with Crippen molar-refractivity contribution in [3.05, 3.63) is 0 Å². The lowest BCUT2D eigenvalue weighted by molar-refractivity contribution is -0.121. The molecule has 4 heteroatoms. The van der Waals surface area contributed by atoms with Crippen molar-refractivity contribution in [2.75, 3.05) is 26.7 Å². The molecule has 0 bridgehead atoms. The highest BCUT2D eigenvalue weighted by atomic mass is 16.5. The zero-order valence-corrected chi connectivity index (χ0v) is 8.72. The Hall–Kier alpha value is -0.610. The van der Waals surface area contributed by atoms with E-state index in [1.54, 1.807) is 0 Å². The van der Waals surface area contributed by atoms with Crippen molar-refractivity contribution in [2.24, 2.45) is 0 Å². The van der Waals surface area contributed by atoms with E-state index < -0.39 is 0 Å². The normalized spacial score (nSPS) is 12.5. The van der Waals surface area contributed by atoms with Gasteiger partial charge in [0, 0.05) is 26.1 Å². The Kier molecular flexibility index (Phi) is 7.63. The Balaban J connectivity index is 3.34. The minimum Gasteiger partial charge on any atom is -0.377 e. The van der Waals surface area contributed by atoms with Crippen LogP contribution in [0, 0.1) is 0 Å². The molecule has 0 aromatic rings. The van der Waals surface area contributed by atoms with Crippen molar-refractivity contribution >= 4 is 5.91 Å². The van der Waals surface area contributed by atoms with Gasteiger partial charge < -0.3 is 15.4 Å². The molecular formula is C9H20N2O2. The maximum Gasteiger partial charge on any atom is 0.221 e. The third-order valence-electron chi connectivity index (χ3n) is 1.64. The molecule has 0 saturated heterocycles. The first-order valence-corrected chi connectivity index (χ1v) is 4.73. The minimum atomic E-state index is 0.0703. The summed E-state index contributed by atoms with van der Waals surface area (Å²) in [5.41, 5.74) is 0. The van der Waals surface area contributed by atoms with Gasteiger partial charge in [-0.2, -0.15) is 0 Å². The molecule has 0 aromatic carbocycles. The van der Waals surface area contributed by atoms with Gasteiger partial charge in [-0.25, -0.2) is 0 Å². The second-order valence-corrected chi connectivity index (χ2v) is 2.92. The van der Waals surface area contributed by atoms with Gasteiger partial charge in [-0.15, -0.1) is 0 Å². The van der Waals surface area contributed by atoms with Gasteiger partial charge in [0.25, 0.3) is 0 Å². The number of rotatable bonds is 7. The molecule has 13 heavy (non-hydrogen) atoms. The van der Waals surface area contributed by atoms with Crippen LogP contribution >= 0.6 is 0 Å². The van der Waals surface area contributed by atoms with E-state index in [1.807, 2.05) is 20.9 Å². The highest BCUT2D eigenvalue weighted by Crippen LogP contribution is 1.87. The molecule has 0 aliphatic rings. The maximum atomic E-state index is 11.1. The number of ether oxygens (including phenoxy) is 1. The molecule has 0 spiro atoms. The molecule has 0 radical (unpaired) electrons. The van der Waals surface area contributed by atoms with Gasteiger partial charge in [-0.1, -0.05) is 0 Å². The fourth-order valence-electron chi connectivity index (χ4n) is 0.928. The number of nitrogens with one attached hydrogen (secondary N) is 2. The van der Waals surface area contributed by atoms with Crippen LogP contribution in [-0.2, 0) is 9.53 Å². The first kappa shape index (κ1) is 12.4. The van der Waals surface area contributed by atoms with E-state index in [1.165, 1.54) is 0 Å². The highest BCUT2D eigenvalue weighted by Gasteiger charge is 2.03. The lowest BCUT2D eigenvalue weighted by Gasteiger charge is -2.12. The predicted octanol–water partition coefficient (Wildman–Crippen LogP) is 0.137. The van der Waals surface area contributed by atoms with Crippen LogP contribution in [-0.4, -0.2) is 38.8 Å². The van der Waals surface area contributed by atoms with E-state index in [-0.39, 0.29) is 12.0 Å². The van der Waals surface area contributed by atoms with Crippen LogP contribution in [0.2, 0.25) is 0 Å². The van der Waals surface area contributed by atoms with Gasteiger partial charge in [0.05, 0.1) is 6.10 Å². The van der Waals surface area contributed by atoms with Crippen molar-refractivity contribution in [3.8, 4) is 0 Å². The number of hydrogen-bond acceptors (Lipinski definition) is 3. The smallest absolute Gasteiger partial charge is 0.221 e. The number of amides is 1. The second-order valence-electron chi connectivity index (χ2n) is 2.92. The van der Waals surface area contributed by atoms with E-state index in [0.29, 0.717) is 19.6 Å². The fourth-order valence-corrected chi connectivity index (χ4v) is 0.928. The molecule has 0 fully saturated rings. The molecule has 0 heterocycles.